The number of aromatic nitrogens is 1. The Labute approximate surface area is 188 Å². The van der Waals surface area contributed by atoms with E-state index in [1.165, 1.54) is 31.3 Å². The van der Waals surface area contributed by atoms with Gasteiger partial charge in [-0.25, -0.2) is 9.37 Å². The van der Waals surface area contributed by atoms with Crippen LogP contribution in [0.5, 0.6) is 11.5 Å². The highest BCUT2D eigenvalue weighted by molar-refractivity contribution is 6.30. The van der Waals surface area contributed by atoms with E-state index >= 15 is 0 Å². The van der Waals surface area contributed by atoms with Crippen LogP contribution in [0.25, 0.3) is 0 Å². The third kappa shape index (κ3) is 4.67. The fourth-order valence-corrected chi connectivity index (χ4v) is 4.37. The lowest BCUT2D eigenvalue weighted by Gasteiger charge is -2.70. The largest absolute Gasteiger partial charge is 0.484 e. The number of pyridine rings is 1. The first-order valence-electron chi connectivity index (χ1n) is 9.97. The summed E-state index contributed by atoms with van der Waals surface area (Å²) >= 11 is 5.62. The first-order valence-corrected chi connectivity index (χ1v) is 10.4. The quantitative estimate of drug-likeness (QED) is 0.555. The number of carbonyl (C=O) groups is 3. The van der Waals surface area contributed by atoms with E-state index in [0.717, 1.165) is 6.07 Å². The third-order valence-electron chi connectivity index (χ3n) is 5.57. The van der Waals surface area contributed by atoms with Gasteiger partial charge in [-0.2, -0.15) is 0 Å². The van der Waals surface area contributed by atoms with Gasteiger partial charge in [0.1, 0.15) is 23.0 Å². The molecule has 1 aromatic heterocycles. The second-order valence-electron chi connectivity index (χ2n) is 8.28. The number of Topliss-reactive ketones (excluding diaryl/α,β-unsaturated/α-hetero) is 1. The second-order valence-corrected chi connectivity index (χ2v) is 8.68. The van der Waals surface area contributed by atoms with Gasteiger partial charge in [-0.1, -0.05) is 11.6 Å². The Morgan fingerprint density at radius 3 is 2.06 bits per heavy atom. The van der Waals surface area contributed by atoms with Gasteiger partial charge in [0, 0.05) is 24.1 Å². The molecule has 2 amide bonds. The van der Waals surface area contributed by atoms with Gasteiger partial charge in [-0.05, 0) is 43.5 Å². The lowest BCUT2D eigenvalue weighted by molar-refractivity contribution is -0.151. The summed E-state index contributed by atoms with van der Waals surface area (Å²) in [6, 6.07) is 7.09. The first-order chi connectivity index (χ1) is 15.2. The molecule has 2 bridgehead atoms. The SMILES string of the molecule is CC(=O)c1ccc(OCC(=O)NC23CC(NC(=O)COc4ccc(Cl)c(F)c4)(C2)C3)cn1. The summed E-state index contributed by atoms with van der Waals surface area (Å²) in [5.74, 6) is -0.737. The molecule has 8 nitrogen and oxygen atoms in total. The van der Waals surface area contributed by atoms with E-state index in [1.807, 2.05) is 0 Å². The molecular formula is C22H21ClFN3O5. The zero-order valence-electron chi connectivity index (χ0n) is 17.2. The average molecular weight is 462 g/mol. The maximum Gasteiger partial charge on any atom is 0.258 e. The number of hydrogen-bond donors (Lipinski definition) is 2. The van der Waals surface area contributed by atoms with Crippen LogP contribution in [-0.4, -0.2) is 46.9 Å². The Morgan fingerprint density at radius 1 is 1.00 bits per heavy atom. The second kappa shape index (κ2) is 8.38. The van der Waals surface area contributed by atoms with Gasteiger partial charge in [-0.3, -0.25) is 14.4 Å². The van der Waals surface area contributed by atoms with E-state index in [0.29, 0.717) is 30.7 Å². The molecule has 10 heteroatoms. The average Bonchev–Trinajstić information content (AvgIpc) is 2.71. The molecule has 1 aromatic carbocycles. The van der Waals surface area contributed by atoms with Gasteiger partial charge >= 0.3 is 0 Å². The number of halogens is 2. The molecular weight excluding hydrogens is 441 g/mol. The summed E-state index contributed by atoms with van der Waals surface area (Å²) in [7, 11) is 0. The molecule has 0 atom stereocenters. The number of rotatable bonds is 9. The van der Waals surface area contributed by atoms with Crippen molar-refractivity contribution in [1.82, 2.24) is 15.6 Å². The van der Waals surface area contributed by atoms with Crippen molar-refractivity contribution in [1.29, 1.82) is 0 Å². The van der Waals surface area contributed by atoms with Crippen LogP contribution < -0.4 is 20.1 Å². The first kappa shape index (κ1) is 22.0. The third-order valence-corrected chi connectivity index (χ3v) is 5.87. The fourth-order valence-electron chi connectivity index (χ4n) is 4.26. The van der Waals surface area contributed by atoms with Crippen LogP contribution in [0.4, 0.5) is 4.39 Å². The molecule has 0 radical (unpaired) electrons. The van der Waals surface area contributed by atoms with Crippen LogP contribution in [0.2, 0.25) is 5.02 Å². The van der Waals surface area contributed by atoms with Crippen LogP contribution >= 0.6 is 11.6 Å². The smallest absolute Gasteiger partial charge is 0.258 e. The van der Waals surface area contributed by atoms with Gasteiger partial charge in [0.15, 0.2) is 19.0 Å². The summed E-state index contributed by atoms with van der Waals surface area (Å²) in [4.78, 5) is 39.6. The summed E-state index contributed by atoms with van der Waals surface area (Å²) < 4.78 is 24.1. The minimum absolute atomic E-state index is 0.0176. The van der Waals surface area contributed by atoms with E-state index in [4.69, 9.17) is 21.1 Å². The lowest BCUT2D eigenvalue weighted by Crippen LogP contribution is -2.84. The van der Waals surface area contributed by atoms with Gasteiger partial charge in [-0.15, -0.1) is 0 Å². The molecule has 0 unspecified atom stereocenters. The highest BCUT2D eigenvalue weighted by Gasteiger charge is 2.69. The summed E-state index contributed by atoms with van der Waals surface area (Å²) in [5.41, 5.74) is -0.342. The maximum absolute atomic E-state index is 13.4. The molecule has 5 rings (SSSR count). The topological polar surface area (TPSA) is 107 Å². The molecule has 0 aliphatic heterocycles. The normalized spacial score (nSPS) is 22.7. The van der Waals surface area contributed by atoms with Crippen molar-refractivity contribution in [3.8, 4) is 11.5 Å². The minimum Gasteiger partial charge on any atom is -0.484 e. The fraction of sp³-hybridized carbons (Fsp3) is 0.364. The molecule has 1 heterocycles. The maximum atomic E-state index is 13.4. The van der Waals surface area contributed by atoms with Crippen LogP contribution in [0.3, 0.4) is 0 Å². The molecule has 2 aromatic rings. The Bertz CT molecular complexity index is 1060. The van der Waals surface area contributed by atoms with Crippen molar-refractivity contribution in [2.45, 2.75) is 37.3 Å². The number of ketones is 1. The molecule has 3 aliphatic rings. The summed E-state index contributed by atoms with van der Waals surface area (Å²) in [5, 5.41) is 5.86. The van der Waals surface area contributed by atoms with Crippen LogP contribution in [0.1, 0.15) is 36.7 Å². The van der Waals surface area contributed by atoms with E-state index in [1.54, 1.807) is 6.07 Å². The van der Waals surface area contributed by atoms with Crippen molar-refractivity contribution in [3.05, 3.63) is 53.1 Å². The number of amides is 2. The van der Waals surface area contributed by atoms with Crippen molar-refractivity contribution >= 4 is 29.2 Å². The zero-order chi connectivity index (χ0) is 22.9. The number of nitrogens with zero attached hydrogens (tertiary/aromatic N) is 1. The number of hydrogen-bond acceptors (Lipinski definition) is 6. The van der Waals surface area contributed by atoms with E-state index in [9.17, 15) is 18.8 Å². The Kier molecular flexibility index (Phi) is 5.77. The zero-order valence-corrected chi connectivity index (χ0v) is 18.0. The van der Waals surface area contributed by atoms with Gasteiger partial charge in [0.25, 0.3) is 11.8 Å². The Hall–Kier alpha value is -3.20. The molecule has 0 spiro atoms. The number of nitrogens with one attached hydrogen (secondary N) is 2. The lowest BCUT2D eigenvalue weighted by atomic mass is 9.44. The highest BCUT2D eigenvalue weighted by atomic mass is 35.5. The van der Waals surface area contributed by atoms with Crippen molar-refractivity contribution in [3.63, 3.8) is 0 Å². The number of ether oxygens (including phenoxy) is 2. The van der Waals surface area contributed by atoms with E-state index in [-0.39, 0.29) is 52.7 Å². The minimum atomic E-state index is -0.616. The highest BCUT2D eigenvalue weighted by Crippen LogP contribution is 2.60. The predicted molar refractivity (Wildman–Crippen MR) is 112 cm³/mol. The molecule has 3 aliphatic carbocycles. The molecule has 3 fully saturated rings. The summed E-state index contributed by atoms with van der Waals surface area (Å²) in [6.07, 6.45) is 3.28. The molecule has 32 heavy (non-hydrogen) atoms. The van der Waals surface area contributed by atoms with Gasteiger partial charge < -0.3 is 20.1 Å². The van der Waals surface area contributed by atoms with Crippen molar-refractivity contribution < 1.29 is 28.2 Å². The standard InChI is InChI=1S/C22H21ClFN3O5/c1-13(28)18-5-3-15(7-25-18)32-9-20(30)27-22-10-21(11-22,12-22)26-19(29)8-31-14-2-4-16(23)17(24)6-14/h2-7H,8-12H2,1H3,(H,26,29)(H,27,30). The molecule has 0 saturated heterocycles. The van der Waals surface area contributed by atoms with Gasteiger partial charge in [0.05, 0.1) is 11.2 Å². The monoisotopic (exact) mass is 461 g/mol. The van der Waals surface area contributed by atoms with Crippen molar-refractivity contribution in [2.75, 3.05) is 13.2 Å². The molecule has 168 valence electrons. The van der Waals surface area contributed by atoms with Crippen molar-refractivity contribution in [2.24, 2.45) is 0 Å². The van der Waals surface area contributed by atoms with Crippen LogP contribution in [0, 0.1) is 5.82 Å². The Balaban J connectivity index is 1.16. The number of benzene rings is 1. The summed E-state index contributed by atoms with van der Waals surface area (Å²) in [6.45, 7) is 1.00. The van der Waals surface area contributed by atoms with Crippen LogP contribution in [-0.2, 0) is 9.59 Å². The molecule has 2 N–H and O–H groups in total. The Morgan fingerprint density at radius 2 is 1.56 bits per heavy atom. The number of carbonyl (C=O) groups excluding carboxylic acids is 3. The van der Waals surface area contributed by atoms with Gasteiger partial charge in [0.2, 0.25) is 0 Å². The van der Waals surface area contributed by atoms with E-state index < -0.39 is 5.82 Å². The van der Waals surface area contributed by atoms with Crippen LogP contribution in [0.15, 0.2) is 36.5 Å². The predicted octanol–water partition coefficient (Wildman–Crippen LogP) is 2.44. The molecule has 3 saturated carbocycles. The van der Waals surface area contributed by atoms with E-state index in [2.05, 4.69) is 15.6 Å².